The number of piperidine rings is 1. The number of hydrogen-bond donors (Lipinski definition) is 2. The van der Waals surface area contributed by atoms with Gasteiger partial charge in [0.15, 0.2) is 0 Å². The quantitative estimate of drug-likeness (QED) is 0.710. The number of rotatable bonds is 3. The predicted octanol–water partition coefficient (Wildman–Crippen LogP) is 1.93. The van der Waals surface area contributed by atoms with E-state index in [4.69, 9.17) is 0 Å². The molecule has 2 unspecified atom stereocenters. The summed E-state index contributed by atoms with van der Waals surface area (Å²) in [5.74, 6) is -0.706. The fourth-order valence-corrected chi connectivity index (χ4v) is 5.20. The number of nitrogens with zero attached hydrogens (tertiary/aromatic N) is 3. The van der Waals surface area contributed by atoms with E-state index in [2.05, 4.69) is 15.6 Å². The van der Waals surface area contributed by atoms with Gasteiger partial charge in [-0.25, -0.2) is 9.78 Å². The van der Waals surface area contributed by atoms with E-state index in [1.165, 1.54) is 4.90 Å². The number of nitrogens with one attached hydrogen (secondary N) is 2. The third kappa shape index (κ3) is 3.67. The van der Waals surface area contributed by atoms with Crippen LogP contribution in [0.4, 0.5) is 10.5 Å². The number of carbonyl (C=O) groups excluding carboxylic acids is 4. The van der Waals surface area contributed by atoms with Crippen molar-refractivity contribution in [2.45, 2.75) is 37.8 Å². The maximum atomic E-state index is 12.8. The van der Waals surface area contributed by atoms with E-state index in [-0.39, 0.29) is 36.7 Å². The minimum Gasteiger partial charge on any atom is -0.324 e. The van der Waals surface area contributed by atoms with Crippen LogP contribution in [0.15, 0.2) is 29.8 Å². The lowest BCUT2D eigenvalue weighted by Gasteiger charge is -2.29. The number of amides is 5. The molecule has 1 aromatic heterocycles. The van der Waals surface area contributed by atoms with Gasteiger partial charge in [0, 0.05) is 54.8 Å². The number of thiazole rings is 1. The SMILES string of the molecule is O=C1CCC(N2Cc3cc(NC(=O)N4CCC(c5nccs5)C4)ccc3C2=O)C(=O)N1. The summed E-state index contributed by atoms with van der Waals surface area (Å²) >= 11 is 1.61. The van der Waals surface area contributed by atoms with Gasteiger partial charge >= 0.3 is 6.03 Å². The summed E-state index contributed by atoms with van der Waals surface area (Å²) in [5.41, 5.74) is 1.89. The third-order valence-electron chi connectivity index (χ3n) is 6.05. The van der Waals surface area contributed by atoms with Crippen LogP contribution in [0.3, 0.4) is 0 Å². The summed E-state index contributed by atoms with van der Waals surface area (Å²) in [7, 11) is 0. The molecule has 4 heterocycles. The summed E-state index contributed by atoms with van der Waals surface area (Å²) in [6, 6.07) is 4.34. The molecule has 2 N–H and O–H groups in total. The molecule has 5 rings (SSSR count). The summed E-state index contributed by atoms with van der Waals surface area (Å²) in [6.45, 7) is 1.58. The monoisotopic (exact) mass is 439 g/mol. The summed E-state index contributed by atoms with van der Waals surface area (Å²) in [4.78, 5) is 56.7. The molecule has 160 valence electrons. The first-order valence-corrected chi connectivity index (χ1v) is 11.1. The van der Waals surface area contributed by atoms with Gasteiger partial charge in [0.25, 0.3) is 5.91 Å². The highest BCUT2D eigenvalue weighted by molar-refractivity contribution is 7.09. The first kappa shape index (κ1) is 19.7. The smallest absolute Gasteiger partial charge is 0.321 e. The van der Waals surface area contributed by atoms with Gasteiger partial charge in [-0.15, -0.1) is 11.3 Å². The van der Waals surface area contributed by atoms with Crippen molar-refractivity contribution in [3.05, 3.63) is 45.9 Å². The Labute approximate surface area is 182 Å². The van der Waals surface area contributed by atoms with E-state index >= 15 is 0 Å². The molecule has 2 saturated heterocycles. The average molecular weight is 439 g/mol. The number of aromatic nitrogens is 1. The molecule has 0 spiro atoms. The zero-order valence-corrected chi connectivity index (χ0v) is 17.5. The van der Waals surface area contributed by atoms with Crippen LogP contribution in [-0.2, 0) is 16.1 Å². The third-order valence-corrected chi connectivity index (χ3v) is 6.99. The second kappa shape index (κ2) is 7.77. The van der Waals surface area contributed by atoms with Crippen molar-refractivity contribution in [3.8, 4) is 0 Å². The maximum absolute atomic E-state index is 12.8. The molecule has 1 aromatic carbocycles. The molecular formula is C21H21N5O4S. The standard InChI is InChI=1S/C21H21N5O4S/c27-17-4-3-16(18(28)24-17)26-11-13-9-14(1-2-15(13)20(26)29)23-21(30)25-7-5-12(10-25)19-22-6-8-31-19/h1-2,6,8-9,12,16H,3-5,7,10-11H2,(H,23,30)(H,24,27,28). The topological polar surface area (TPSA) is 112 Å². The van der Waals surface area contributed by atoms with Gasteiger partial charge in [0.1, 0.15) is 6.04 Å². The number of hydrogen-bond acceptors (Lipinski definition) is 6. The van der Waals surface area contributed by atoms with E-state index in [0.29, 0.717) is 30.8 Å². The lowest BCUT2D eigenvalue weighted by molar-refractivity contribution is -0.136. The highest BCUT2D eigenvalue weighted by atomic mass is 32.1. The average Bonchev–Trinajstić information content (AvgIpc) is 3.48. The molecule has 2 atom stereocenters. The van der Waals surface area contributed by atoms with E-state index in [1.54, 1.807) is 40.6 Å². The maximum Gasteiger partial charge on any atom is 0.321 e. The molecule has 10 heteroatoms. The van der Waals surface area contributed by atoms with E-state index < -0.39 is 11.9 Å². The Bertz CT molecular complexity index is 1070. The second-order valence-corrected chi connectivity index (χ2v) is 8.93. The van der Waals surface area contributed by atoms with Gasteiger partial charge in [-0.05, 0) is 36.6 Å². The highest BCUT2D eigenvalue weighted by Crippen LogP contribution is 2.31. The van der Waals surface area contributed by atoms with Crippen LogP contribution in [0.2, 0.25) is 0 Å². The zero-order valence-electron chi connectivity index (χ0n) is 16.7. The molecule has 0 radical (unpaired) electrons. The van der Waals surface area contributed by atoms with Crippen LogP contribution in [-0.4, -0.2) is 57.7 Å². The number of fused-ring (bicyclic) bond motifs is 1. The molecule has 0 aliphatic carbocycles. The second-order valence-electron chi connectivity index (χ2n) is 8.00. The van der Waals surface area contributed by atoms with Gasteiger partial charge in [-0.3, -0.25) is 19.7 Å². The number of carbonyl (C=O) groups is 4. The molecule has 0 bridgehead atoms. The van der Waals surface area contributed by atoms with Gasteiger partial charge in [0.05, 0.1) is 5.01 Å². The van der Waals surface area contributed by atoms with Crippen molar-refractivity contribution in [1.29, 1.82) is 0 Å². The lowest BCUT2D eigenvalue weighted by Crippen LogP contribution is -2.52. The first-order chi connectivity index (χ1) is 15.0. The Balaban J connectivity index is 1.25. The number of benzene rings is 1. The molecular weight excluding hydrogens is 418 g/mol. The van der Waals surface area contributed by atoms with Crippen LogP contribution in [0.1, 0.15) is 46.1 Å². The molecule has 3 aliphatic heterocycles. The van der Waals surface area contributed by atoms with Crippen LogP contribution in [0, 0.1) is 0 Å². The van der Waals surface area contributed by atoms with Crippen molar-refractivity contribution in [3.63, 3.8) is 0 Å². The van der Waals surface area contributed by atoms with Crippen molar-refractivity contribution in [1.82, 2.24) is 20.1 Å². The van der Waals surface area contributed by atoms with Gasteiger partial charge in [-0.1, -0.05) is 0 Å². The minimum atomic E-state index is -0.650. The zero-order chi connectivity index (χ0) is 21.5. The van der Waals surface area contributed by atoms with Gasteiger partial charge < -0.3 is 15.1 Å². The number of urea groups is 1. The van der Waals surface area contributed by atoms with E-state index in [1.807, 2.05) is 5.38 Å². The Morgan fingerprint density at radius 2 is 2.10 bits per heavy atom. The van der Waals surface area contributed by atoms with Crippen LogP contribution in [0.25, 0.3) is 0 Å². The van der Waals surface area contributed by atoms with Crippen LogP contribution < -0.4 is 10.6 Å². The summed E-state index contributed by atoms with van der Waals surface area (Å²) in [6.07, 6.45) is 3.21. The Kier molecular flexibility index (Phi) is 4.93. The van der Waals surface area contributed by atoms with Crippen LogP contribution in [0.5, 0.6) is 0 Å². The molecule has 2 aromatic rings. The number of anilines is 1. The Morgan fingerprint density at radius 3 is 2.87 bits per heavy atom. The van der Waals surface area contributed by atoms with Gasteiger partial charge in [0.2, 0.25) is 11.8 Å². The lowest BCUT2D eigenvalue weighted by atomic mass is 10.0. The number of likely N-dealkylation sites (tertiary alicyclic amines) is 1. The van der Waals surface area contributed by atoms with Crippen molar-refractivity contribution < 1.29 is 19.2 Å². The first-order valence-electron chi connectivity index (χ1n) is 10.2. The largest absolute Gasteiger partial charge is 0.324 e. The van der Waals surface area contributed by atoms with E-state index in [9.17, 15) is 19.2 Å². The fourth-order valence-electron chi connectivity index (χ4n) is 4.44. The minimum absolute atomic E-state index is 0.176. The molecule has 5 amide bonds. The Hall–Kier alpha value is -3.27. The molecule has 9 nitrogen and oxygen atoms in total. The van der Waals surface area contributed by atoms with Crippen molar-refractivity contribution in [2.24, 2.45) is 0 Å². The normalized spacial score (nSPS) is 23.2. The predicted molar refractivity (Wildman–Crippen MR) is 113 cm³/mol. The summed E-state index contributed by atoms with van der Waals surface area (Å²) in [5, 5.41) is 8.22. The number of imide groups is 1. The Morgan fingerprint density at radius 1 is 1.23 bits per heavy atom. The fraction of sp³-hybridized carbons (Fsp3) is 0.381. The molecule has 3 aliphatic rings. The summed E-state index contributed by atoms with van der Waals surface area (Å²) < 4.78 is 0. The molecule has 0 saturated carbocycles. The van der Waals surface area contributed by atoms with Crippen LogP contribution >= 0.6 is 11.3 Å². The van der Waals surface area contributed by atoms with E-state index in [0.717, 1.165) is 17.0 Å². The van der Waals surface area contributed by atoms with Crippen molar-refractivity contribution >= 4 is 40.8 Å². The molecule has 2 fully saturated rings. The van der Waals surface area contributed by atoms with Crippen molar-refractivity contribution in [2.75, 3.05) is 18.4 Å². The highest BCUT2D eigenvalue weighted by Gasteiger charge is 2.39. The van der Waals surface area contributed by atoms with Gasteiger partial charge in [-0.2, -0.15) is 0 Å². The molecule has 31 heavy (non-hydrogen) atoms.